The maximum absolute atomic E-state index is 9.40. The van der Waals surface area contributed by atoms with Gasteiger partial charge in [0.15, 0.2) is 0 Å². The smallest absolute Gasteiger partial charge is 0.0879 e. The Labute approximate surface area is 60.3 Å². The van der Waals surface area contributed by atoms with E-state index in [0.717, 1.165) is 0 Å². The SMILES string of the molecule is CC1(O)CCC(O)CC1O. The van der Waals surface area contributed by atoms with E-state index in [1.165, 1.54) is 0 Å². The first kappa shape index (κ1) is 7.98. The van der Waals surface area contributed by atoms with Gasteiger partial charge in [0.05, 0.1) is 17.8 Å². The number of hydrogen-bond acceptors (Lipinski definition) is 3. The number of aliphatic hydroxyl groups is 3. The predicted molar refractivity (Wildman–Crippen MR) is 36.5 cm³/mol. The van der Waals surface area contributed by atoms with Crippen LogP contribution in [0.15, 0.2) is 0 Å². The van der Waals surface area contributed by atoms with E-state index in [4.69, 9.17) is 5.11 Å². The fourth-order valence-electron chi connectivity index (χ4n) is 1.25. The van der Waals surface area contributed by atoms with Crippen molar-refractivity contribution in [3.05, 3.63) is 0 Å². The third kappa shape index (κ3) is 1.48. The van der Waals surface area contributed by atoms with Gasteiger partial charge in [-0.15, -0.1) is 0 Å². The number of hydrogen-bond donors (Lipinski definition) is 3. The van der Waals surface area contributed by atoms with Gasteiger partial charge in [0.1, 0.15) is 0 Å². The molecule has 10 heavy (non-hydrogen) atoms. The molecule has 0 aliphatic heterocycles. The summed E-state index contributed by atoms with van der Waals surface area (Å²) >= 11 is 0. The summed E-state index contributed by atoms with van der Waals surface area (Å²) in [6.45, 7) is 1.60. The van der Waals surface area contributed by atoms with Crippen molar-refractivity contribution in [3.63, 3.8) is 0 Å². The second-order valence-electron chi connectivity index (χ2n) is 3.30. The Bertz CT molecular complexity index is 122. The highest BCUT2D eigenvalue weighted by atomic mass is 16.3. The summed E-state index contributed by atoms with van der Waals surface area (Å²) in [6.07, 6.45) is 0.165. The molecular weight excluding hydrogens is 132 g/mol. The van der Waals surface area contributed by atoms with Gasteiger partial charge < -0.3 is 15.3 Å². The van der Waals surface area contributed by atoms with Gasteiger partial charge in [-0.05, 0) is 19.8 Å². The first-order valence-electron chi connectivity index (χ1n) is 3.61. The van der Waals surface area contributed by atoms with Crippen molar-refractivity contribution in [2.75, 3.05) is 0 Å². The van der Waals surface area contributed by atoms with Crippen LogP contribution in [0.5, 0.6) is 0 Å². The predicted octanol–water partition coefficient (Wildman–Crippen LogP) is -0.357. The van der Waals surface area contributed by atoms with E-state index in [0.29, 0.717) is 19.3 Å². The average molecular weight is 146 g/mol. The van der Waals surface area contributed by atoms with Gasteiger partial charge in [-0.3, -0.25) is 0 Å². The van der Waals surface area contributed by atoms with Crippen LogP contribution in [0.1, 0.15) is 26.2 Å². The first-order chi connectivity index (χ1) is 4.52. The van der Waals surface area contributed by atoms with Crippen molar-refractivity contribution in [1.82, 2.24) is 0 Å². The molecule has 3 nitrogen and oxygen atoms in total. The zero-order chi connectivity index (χ0) is 7.78. The average Bonchev–Trinajstić information content (AvgIpc) is 1.81. The molecule has 0 aromatic heterocycles. The monoisotopic (exact) mass is 146 g/mol. The van der Waals surface area contributed by atoms with Gasteiger partial charge in [-0.1, -0.05) is 0 Å². The molecule has 3 N–H and O–H groups in total. The van der Waals surface area contributed by atoms with Crippen molar-refractivity contribution in [3.8, 4) is 0 Å². The summed E-state index contributed by atoms with van der Waals surface area (Å²) < 4.78 is 0. The van der Waals surface area contributed by atoms with E-state index >= 15 is 0 Å². The maximum atomic E-state index is 9.40. The maximum Gasteiger partial charge on any atom is 0.0879 e. The summed E-state index contributed by atoms with van der Waals surface area (Å²) in [7, 11) is 0. The molecule has 0 heterocycles. The molecule has 1 fully saturated rings. The van der Waals surface area contributed by atoms with Gasteiger partial charge in [0.25, 0.3) is 0 Å². The molecular formula is C7H14O3. The second-order valence-corrected chi connectivity index (χ2v) is 3.30. The third-order valence-electron chi connectivity index (χ3n) is 2.20. The molecule has 1 aliphatic rings. The lowest BCUT2D eigenvalue weighted by Crippen LogP contribution is -2.45. The molecule has 60 valence electrons. The Morgan fingerprint density at radius 1 is 1.40 bits per heavy atom. The highest BCUT2D eigenvalue weighted by Crippen LogP contribution is 2.27. The summed E-state index contributed by atoms with van der Waals surface area (Å²) in [4.78, 5) is 0. The fourth-order valence-corrected chi connectivity index (χ4v) is 1.25. The van der Waals surface area contributed by atoms with Crippen molar-refractivity contribution in [1.29, 1.82) is 0 Å². The first-order valence-corrected chi connectivity index (χ1v) is 3.61. The summed E-state index contributed by atoms with van der Waals surface area (Å²) in [6, 6.07) is 0. The van der Waals surface area contributed by atoms with Crippen molar-refractivity contribution in [2.45, 2.75) is 44.0 Å². The van der Waals surface area contributed by atoms with E-state index in [9.17, 15) is 10.2 Å². The Hall–Kier alpha value is -0.120. The molecule has 1 rings (SSSR count). The minimum absolute atomic E-state index is 0.299. The van der Waals surface area contributed by atoms with Crippen LogP contribution in [-0.2, 0) is 0 Å². The normalized spacial score (nSPS) is 49.2. The zero-order valence-corrected chi connectivity index (χ0v) is 6.12. The van der Waals surface area contributed by atoms with Crippen LogP contribution in [0.2, 0.25) is 0 Å². The van der Waals surface area contributed by atoms with E-state index in [2.05, 4.69) is 0 Å². The lowest BCUT2D eigenvalue weighted by atomic mass is 9.82. The molecule has 3 atom stereocenters. The number of rotatable bonds is 0. The van der Waals surface area contributed by atoms with Crippen LogP contribution in [0.25, 0.3) is 0 Å². The van der Waals surface area contributed by atoms with Crippen LogP contribution in [0.4, 0.5) is 0 Å². The molecule has 0 radical (unpaired) electrons. The Kier molecular flexibility index (Phi) is 1.99. The Balaban J connectivity index is 2.52. The fraction of sp³-hybridized carbons (Fsp3) is 1.00. The minimum atomic E-state index is -0.987. The van der Waals surface area contributed by atoms with Crippen LogP contribution < -0.4 is 0 Å². The molecule has 1 aliphatic carbocycles. The van der Waals surface area contributed by atoms with Crippen molar-refractivity contribution in [2.24, 2.45) is 0 Å². The van der Waals surface area contributed by atoms with E-state index in [1.54, 1.807) is 6.92 Å². The minimum Gasteiger partial charge on any atom is -0.393 e. The molecule has 0 amide bonds. The molecule has 0 bridgehead atoms. The van der Waals surface area contributed by atoms with Crippen LogP contribution in [-0.4, -0.2) is 33.1 Å². The van der Waals surface area contributed by atoms with Crippen LogP contribution in [0, 0.1) is 0 Å². The highest BCUT2D eigenvalue weighted by Gasteiger charge is 2.36. The topological polar surface area (TPSA) is 60.7 Å². The van der Waals surface area contributed by atoms with E-state index in [1.807, 2.05) is 0 Å². The largest absolute Gasteiger partial charge is 0.393 e. The summed E-state index contributed by atoms with van der Waals surface area (Å²) in [5.41, 5.74) is -0.987. The Morgan fingerprint density at radius 2 is 2.00 bits per heavy atom. The second kappa shape index (κ2) is 2.49. The van der Waals surface area contributed by atoms with E-state index < -0.39 is 17.8 Å². The standard InChI is InChI=1S/C7H14O3/c1-7(10)3-2-5(8)4-6(7)9/h5-6,8-10H,2-4H2,1H3. The molecule has 1 saturated carbocycles. The van der Waals surface area contributed by atoms with Crippen LogP contribution in [0.3, 0.4) is 0 Å². The summed E-state index contributed by atoms with van der Waals surface area (Å²) in [5.74, 6) is 0. The highest BCUT2D eigenvalue weighted by molar-refractivity contribution is 4.88. The molecule has 0 saturated heterocycles. The Morgan fingerprint density at radius 3 is 2.40 bits per heavy atom. The molecule has 3 unspecified atom stereocenters. The molecule has 0 spiro atoms. The number of aliphatic hydroxyl groups excluding tert-OH is 2. The van der Waals surface area contributed by atoms with Gasteiger partial charge in [-0.2, -0.15) is 0 Å². The lowest BCUT2D eigenvalue weighted by Gasteiger charge is -2.35. The molecule has 0 aromatic carbocycles. The molecule has 0 aromatic rings. The van der Waals surface area contributed by atoms with Gasteiger partial charge in [0, 0.05) is 6.42 Å². The molecule has 3 heteroatoms. The van der Waals surface area contributed by atoms with Gasteiger partial charge in [0.2, 0.25) is 0 Å². The van der Waals surface area contributed by atoms with Crippen molar-refractivity contribution < 1.29 is 15.3 Å². The van der Waals surface area contributed by atoms with Gasteiger partial charge in [-0.25, -0.2) is 0 Å². The van der Waals surface area contributed by atoms with Crippen LogP contribution >= 0.6 is 0 Å². The zero-order valence-electron chi connectivity index (χ0n) is 6.12. The lowest BCUT2D eigenvalue weighted by molar-refractivity contribution is -0.113. The third-order valence-corrected chi connectivity index (χ3v) is 2.20. The quantitative estimate of drug-likeness (QED) is 0.437. The van der Waals surface area contributed by atoms with E-state index in [-0.39, 0.29) is 0 Å². The van der Waals surface area contributed by atoms with Crippen molar-refractivity contribution >= 4 is 0 Å². The summed E-state index contributed by atoms with van der Waals surface area (Å²) in [5, 5.41) is 27.6. The van der Waals surface area contributed by atoms with Gasteiger partial charge >= 0.3 is 0 Å².